The molecular weight excluding hydrogens is 507 g/mol. The van der Waals surface area contributed by atoms with E-state index in [0.717, 1.165) is 0 Å². The second-order valence-electron chi connectivity index (χ2n) is 6.54. The van der Waals surface area contributed by atoms with Gasteiger partial charge in [0.25, 0.3) is 0 Å². The molecule has 1 nitrogen and oxygen atoms in total. The fourth-order valence-corrected chi connectivity index (χ4v) is 2.17. The van der Waals surface area contributed by atoms with Crippen LogP contribution >= 0.6 is 0 Å². The summed E-state index contributed by atoms with van der Waals surface area (Å²) in [6, 6.07) is 0. The minimum Gasteiger partial charge on any atom is -0.396 e. The second-order valence-corrected chi connectivity index (χ2v) is 6.54. The Morgan fingerprint density at radius 3 is 1.03 bits per heavy atom. The lowest BCUT2D eigenvalue weighted by molar-refractivity contribution is -0.461. The van der Waals surface area contributed by atoms with Crippen LogP contribution in [0.5, 0.6) is 0 Å². The van der Waals surface area contributed by atoms with Gasteiger partial charge in [-0.25, -0.2) is 0 Å². The summed E-state index contributed by atoms with van der Waals surface area (Å²) in [5, 5.41) is 8.39. The van der Waals surface area contributed by atoms with Crippen LogP contribution in [0.2, 0.25) is 0 Å². The molecule has 0 aliphatic rings. The largest absolute Gasteiger partial charge is 0.460 e. The number of hydrogen-bond acceptors (Lipinski definition) is 1. The van der Waals surface area contributed by atoms with E-state index in [1.165, 1.54) is 0 Å². The topological polar surface area (TPSA) is 20.2 Å². The van der Waals surface area contributed by atoms with Crippen molar-refractivity contribution in [3.8, 4) is 0 Å². The Labute approximate surface area is 167 Å². The van der Waals surface area contributed by atoms with Gasteiger partial charge in [-0.15, -0.1) is 0 Å². The van der Waals surface area contributed by atoms with Gasteiger partial charge >= 0.3 is 47.6 Å². The highest BCUT2D eigenvalue weighted by atomic mass is 19.4. The zero-order valence-corrected chi connectivity index (χ0v) is 15.1. The van der Waals surface area contributed by atoms with E-state index >= 15 is 0 Å². The van der Waals surface area contributed by atoms with Crippen molar-refractivity contribution in [3.05, 3.63) is 0 Å². The first-order valence-corrected chi connectivity index (χ1v) is 8.13. The highest BCUT2D eigenvalue weighted by Gasteiger charge is 2.95. The van der Waals surface area contributed by atoms with Gasteiger partial charge in [0.15, 0.2) is 0 Å². The molecule has 0 aromatic heterocycles. The first-order chi connectivity index (χ1) is 13.8. The molecule has 0 aromatic rings. The van der Waals surface area contributed by atoms with Crippen LogP contribution in [0, 0.1) is 0 Å². The van der Waals surface area contributed by atoms with E-state index in [1.54, 1.807) is 0 Å². The first-order valence-electron chi connectivity index (χ1n) is 8.13. The molecule has 0 unspecified atom stereocenters. The predicted molar refractivity (Wildman–Crippen MR) is 70.9 cm³/mol. The summed E-state index contributed by atoms with van der Waals surface area (Å²) < 4.78 is 221. The van der Waals surface area contributed by atoms with Crippen molar-refractivity contribution in [2.45, 2.75) is 79.7 Å². The molecule has 0 bridgehead atoms. The van der Waals surface area contributed by atoms with Crippen molar-refractivity contribution in [1.82, 2.24) is 0 Å². The Morgan fingerprint density at radius 2 is 0.688 bits per heavy atom. The van der Waals surface area contributed by atoms with E-state index in [1.807, 2.05) is 0 Å². The van der Waals surface area contributed by atoms with E-state index in [9.17, 15) is 74.6 Å². The van der Waals surface area contributed by atoms with Crippen LogP contribution in [-0.4, -0.2) is 59.3 Å². The number of halogens is 17. The van der Waals surface area contributed by atoms with Gasteiger partial charge in [-0.2, -0.15) is 74.6 Å². The summed E-state index contributed by atoms with van der Waals surface area (Å²) >= 11 is 0. The minimum absolute atomic E-state index is 0.106. The Kier molecular flexibility index (Phi) is 8.51. The SMILES string of the molecule is OCCCCCCC(F)(F)C(F)(F)C(F)(F)C(F)(F)C(F)(F)C(F)(F)C(F)(F)C(F)(F)F. The number of rotatable bonds is 12. The van der Waals surface area contributed by atoms with Crippen LogP contribution in [0.1, 0.15) is 32.1 Å². The molecule has 32 heavy (non-hydrogen) atoms. The van der Waals surface area contributed by atoms with Gasteiger partial charge in [-0.1, -0.05) is 12.8 Å². The fourth-order valence-electron chi connectivity index (χ4n) is 2.17. The standard InChI is InChI=1S/C14H13F17O/c15-7(16,5-3-1-2-4-6-32)8(17,18)9(19,20)10(21,22)11(23,24)12(25,26)13(27,28)14(29,30)31/h32H,1-6H2. The number of aliphatic hydroxyl groups is 1. The maximum Gasteiger partial charge on any atom is 0.460 e. The number of unbranched alkanes of at least 4 members (excludes halogenated alkanes) is 3. The van der Waals surface area contributed by atoms with Gasteiger partial charge in [0.1, 0.15) is 0 Å². The van der Waals surface area contributed by atoms with Gasteiger partial charge in [-0.05, 0) is 12.8 Å². The Balaban J connectivity index is 6.25. The Bertz CT molecular complexity index is 621. The summed E-state index contributed by atoms with van der Waals surface area (Å²) in [5.74, 6) is -55.9. The number of alkyl halides is 17. The smallest absolute Gasteiger partial charge is 0.396 e. The number of hydrogen-bond donors (Lipinski definition) is 1. The molecule has 0 spiro atoms. The van der Waals surface area contributed by atoms with E-state index in [-0.39, 0.29) is 12.8 Å². The lowest BCUT2D eigenvalue weighted by atomic mass is 9.88. The molecule has 0 aliphatic heterocycles. The molecule has 0 amide bonds. The fraction of sp³-hybridized carbons (Fsp3) is 1.00. The summed E-state index contributed by atoms with van der Waals surface area (Å²) in [4.78, 5) is 0. The average Bonchev–Trinajstić information content (AvgIpc) is 2.59. The average molecular weight is 520 g/mol. The van der Waals surface area contributed by atoms with Gasteiger partial charge in [0.2, 0.25) is 0 Å². The highest BCUT2D eigenvalue weighted by molar-refractivity contribution is 5.15. The molecule has 0 saturated heterocycles. The Hall–Kier alpha value is -1.23. The van der Waals surface area contributed by atoms with Crippen LogP contribution in [0.25, 0.3) is 0 Å². The third-order valence-corrected chi connectivity index (χ3v) is 4.19. The van der Waals surface area contributed by atoms with Crippen molar-refractivity contribution in [2.24, 2.45) is 0 Å². The van der Waals surface area contributed by atoms with Crippen LogP contribution in [0.3, 0.4) is 0 Å². The molecule has 0 fully saturated rings. The molecule has 0 saturated carbocycles. The van der Waals surface area contributed by atoms with Crippen molar-refractivity contribution < 1.29 is 79.7 Å². The molecule has 0 aromatic carbocycles. The highest BCUT2D eigenvalue weighted by Crippen LogP contribution is 2.64. The van der Waals surface area contributed by atoms with Crippen molar-refractivity contribution in [2.75, 3.05) is 6.61 Å². The van der Waals surface area contributed by atoms with Gasteiger partial charge < -0.3 is 5.11 Å². The van der Waals surface area contributed by atoms with Crippen molar-refractivity contribution in [3.63, 3.8) is 0 Å². The third-order valence-electron chi connectivity index (χ3n) is 4.19. The van der Waals surface area contributed by atoms with Crippen LogP contribution in [0.4, 0.5) is 74.6 Å². The van der Waals surface area contributed by atoms with E-state index in [2.05, 4.69) is 0 Å². The molecule has 1 N–H and O–H groups in total. The zero-order chi connectivity index (χ0) is 26.2. The summed E-state index contributed by atoms with van der Waals surface area (Å²) in [6.07, 6.45) is -12.1. The van der Waals surface area contributed by atoms with E-state index in [0.29, 0.717) is 0 Å². The van der Waals surface area contributed by atoms with Crippen molar-refractivity contribution in [1.29, 1.82) is 0 Å². The van der Waals surface area contributed by atoms with Crippen molar-refractivity contribution >= 4 is 0 Å². The molecule has 0 atom stereocenters. The second kappa shape index (κ2) is 8.85. The summed E-state index contributed by atoms with van der Waals surface area (Å²) in [7, 11) is 0. The quantitative estimate of drug-likeness (QED) is 0.219. The molecular formula is C14H13F17O. The maximum atomic E-state index is 13.5. The minimum atomic E-state index is -8.59. The predicted octanol–water partition coefficient (Wildman–Crippen LogP) is 6.94. The van der Waals surface area contributed by atoms with Crippen LogP contribution in [-0.2, 0) is 0 Å². The molecule has 194 valence electrons. The lowest BCUT2D eigenvalue weighted by Gasteiger charge is -2.42. The summed E-state index contributed by atoms with van der Waals surface area (Å²) in [6.45, 7) is -0.525. The number of aliphatic hydroxyl groups excluding tert-OH is 1. The molecule has 0 radical (unpaired) electrons. The molecule has 0 heterocycles. The molecule has 0 aliphatic carbocycles. The van der Waals surface area contributed by atoms with Gasteiger partial charge in [0, 0.05) is 13.0 Å². The van der Waals surface area contributed by atoms with Crippen LogP contribution in [0.15, 0.2) is 0 Å². The van der Waals surface area contributed by atoms with E-state index in [4.69, 9.17) is 5.11 Å². The maximum absolute atomic E-state index is 13.5. The van der Waals surface area contributed by atoms with Gasteiger partial charge in [-0.3, -0.25) is 0 Å². The lowest BCUT2D eigenvalue weighted by Crippen LogP contribution is -2.74. The molecule has 18 heteroatoms. The Morgan fingerprint density at radius 1 is 0.375 bits per heavy atom. The van der Waals surface area contributed by atoms with Gasteiger partial charge in [0.05, 0.1) is 0 Å². The van der Waals surface area contributed by atoms with E-state index < -0.39 is 73.5 Å². The zero-order valence-electron chi connectivity index (χ0n) is 15.1. The summed E-state index contributed by atoms with van der Waals surface area (Å²) in [5.41, 5.74) is 0. The van der Waals surface area contributed by atoms with Crippen LogP contribution < -0.4 is 0 Å². The molecule has 0 rings (SSSR count). The normalized spacial score (nSPS) is 15.9. The monoisotopic (exact) mass is 520 g/mol. The third kappa shape index (κ3) is 4.56. The first kappa shape index (κ1) is 30.8.